The summed E-state index contributed by atoms with van der Waals surface area (Å²) in [6, 6.07) is 13.1. The number of nitrogens with zero attached hydrogens (tertiary/aromatic N) is 3. The highest BCUT2D eigenvalue weighted by atomic mass is 32.1. The van der Waals surface area contributed by atoms with Crippen LogP contribution in [-0.2, 0) is 0 Å². The van der Waals surface area contributed by atoms with Crippen LogP contribution in [-0.4, -0.2) is 55.4 Å². The van der Waals surface area contributed by atoms with E-state index >= 15 is 0 Å². The third-order valence-electron chi connectivity index (χ3n) is 5.54. The molecule has 1 amide bonds. The Morgan fingerprint density at radius 2 is 1.65 bits per heavy atom. The number of amides is 1. The SMILES string of the molecule is COc1ccc(C(=O)N2CCC(c3nnc(-c4ccccc4OC)s3)CC2)cc1OC. The molecule has 1 aliphatic heterocycles. The largest absolute Gasteiger partial charge is 0.496 e. The number of benzene rings is 2. The molecule has 0 radical (unpaired) electrons. The zero-order chi connectivity index (χ0) is 21.8. The highest BCUT2D eigenvalue weighted by Gasteiger charge is 2.27. The van der Waals surface area contributed by atoms with Crippen molar-refractivity contribution in [2.24, 2.45) is 0 Å². The van der Waals surface area contributed by atoms with Crippen LogP contribution in [0.3, 0.4) is 0 Å². The van der Waals surface area contributed by atoms with Crippen molar-refractivity contribution in [2.45, 2.75) is 18.8 Å². The number of carbonyl (C=O) groups excluding carboxylic acids is 1. The fraction of sp³-hybridized carbons (Fsp3) is 0.348. The lowest BCUT2D eigenvalue weighted by Crippen LogP contribution is -2.37. The number of piperidine rings is 1. The van der Waals surface area contributed by atoms with Crippen molar-refractivity contribution in [2.75, 3.05) is 34.4 Å². The van der Waals surface area contributed by atoms with Crippen molar-refractivity contribution in [1.29, 1.82) is 0 Å². The van der Waals surface area contributed by atoms with E-state index in [9.17, 15) is 4.79 Å². The summed E-state index contributed by atoms with van der Waals surface area (Å²) in [5, 5.41) is 10.7. The van der Waals surface area contributed by atoms with Crippen molar-refractivity contribution in [3.8, 4) is 27.8 Å². The first-order valence-corrected chi connectivity index (χ1v) is 10.9. The van der Waals surface area contributed by atoms with Crippen LogP contribution in [0.1, 0.15) is 34.1 Å². The number of ether oxygens (including phenoxy) is 3. The van der Waals surface area contributed by atoms with E-state index in [1.807, 2.05) is 29.2 Å². The molecule has 0 saturated carbocycles. The Balaban J connectivity index is 1.42. The van der Waals surface area contributed by atoms with Crippen LogP contribution in [0.5, 0.6) is 17.2 Å². The van der Waals surface area contributed by atoms with Crippen LogP contribution in [0.15, 0.2) is 42.5 Å². The number of para-hydroxylation sites is 1. The Labute approximate surface area is 185 Å². The number of carbonyl (C=O) groups is 1. The van der Waals surface area contributed by atoms with Crippen LogP contribution in [0.25, 0.3) is 10.6 Å². The normalized spacial score (nSPS) is 14.4. The second-order valence-electron chi connectivity index (χ2n) is 7.28. The maximum atomic E-state index is 13.0. The summed E-state index contributed by atoms with van der Waals surface area (Å²) in [6.07, 6.45) is 1.72. The van der Waals surface area contributed by atoms with Gasteiger partial charge in [0.1, 0.15) is 10.8 Å². The minimum Gasteiger partial charge on any atom is -0.496 e. The molecular weight excluding hydrogens is 414 g/mol. The molecule has 7 nitrogen and oxygen atoms in total. The molecule has 1 aromatic heterocycles. The molecule has 0 spiro atoms. The first-order valence-electron chi connectivity index (χ1n) is 10.1. The number of hydrogen-bond donors (Lipinski definition) is 0. The summed E-state index contributed by atoms with van der Waals surface area (Å²) in [5.74, 6) is 2.27. The van der Waals surface area contributed by atoms with E-state index in [1.54, 1.807) is 50.9 Å². The molecule has 0 unspecified atom stereocenters. The lowest BCUT2D eigenvalue weighted by atomic mass is 9.97. The molecule has 1 saturated heterocycles. The van der Waals surface area contributed by atoms with E-state index in [1.165, 1.54) is 0 Å². The molecule has 0 atom stereocenters. The first kappa shape index (κ1) is 21.1. The zero-order valence-corrected chi connectivity index (χ0v) is 18.6. The molecule has 2 heterocycles. The Morgan fingerprint density at radius 3 is 2.35 bits per heavy atom. The van der Waals surface area contributed by atoms with Gasteiger partial charge in [-0.25, -0.2) is 0 Å². The van der Waals surface area contributed by atoms with Gasteiger partial charge in [0.25, 0.3) is 5.91 Å². The second kappa shape index (κ2) is 9.34. The Hall–Kier alpha value is -3.13. The molecule has 4 rings (SSSR count). The third-order valence-corrected chi connectivity index (χ3v) is 6.66. The minimum atomic E-state index is 0.00591. The molecule has 2 aromatic carbocycles. The topological polar surface area (TPSA) is 73.8 Å². The zero-order valence-electron chi connectivity index (χ0n) is 17.8. The van der Waals surface area contributed by atoms with E-state index < -0.39 is 0 Å². The lowest BCUT2D eigenvalue weighted by molar-refractivity contribution is 0.0712. The number of methoxy groups -OCH3 is 3. The standard InChI is InChI=1S/C23H25N3O4S/c1-28-18-7-5-4-6-17(18)22-25-24-21(31-22)15-10-12-26(13-11-15)23(27)16-8-9-19(29-2)20(14-16)30-3/h4-9,14-15H,10-13H2,1-3H3. The maximum Gasteiger partial charge on any atom is 0.253 e. The van der Waals surface area contributed by atoms with Crippen LogP contribution in [0.2, 0.25) is 0 Å². The van der Waals surface area contributed by atoms with E-state index in [4.69, 9.17) is 14.2 Å². The summed E-state index contributed by atoms with van der Waals surface area (Å²) in [6.45, 7) is 1.36. The van der Waals surface area contributed by atoms with Crippen molar-refractivity contribution < 1.29 is 19.0 Å². The highest BCUT2D eigenvalue weighted by molar-refractivity contribution is 7.14. The number of hydrogen-bond acceptors (Lipinski definition) is 7. The summed E-state index contributed by atoms with van der Waals surface area (Å²) in [7, 11) is 4.81. The van der Waals surface area contributed by atoms with E-state index in [0.29, 0.717) is 36.1 Å². The predicted octanol–water partition coefficient (Wildman–Crippen LogP) is 4.25. The van der Waals surface area contributed by atoms with Gasteiger partial charge >= 0.3 is 0 Å². The molecule has 162 valence electrons. The molecule has 0 N–H and O–H groups in total. The Morgan fingerprint density at radius 1 is 0.935 bits per heavy atom. The van der Waals surface area contributed by atoms with Gasteiger partial charge in [0.15, 0.2) is 16.5 Å². The van der Waals surface area contributed by atoms with Gasteiger partial charge in [0.05, 0.1) is 26.9 Å². The van der Waals surface area contributed by atoms with Crippen molar-refractivity contribution >= 4 is 17.2 Å². The number of aromatic nitrogens is 2. The summed E-state index contributed by atoms with van der Waals surface area (Å²) in [5.41, 5.74) is 1.56. The molecular formula is C23H25N3O4S. The van der Waals surface area contributed by atoms with Crippen molar-refractivity contribution in [3.05, 3.63) is 53.0 Å². The van der Waals surface area contributed by atoms with Crippen LogP contribution >= 0.6 is 11.3 Å². The van der Waals surface area contributed by atoms with Gasteiger partial charge in [-0.15, -0.1) is 10.2 Å². The van der Waals surface area contributed by atoms with Crippen molar-refractivity contribution in [1.82, 2.24) is 15.1 Å². The third kappa shape index (κ3) is 4.34. The maximum absolute atomic E-state index is 13.0. The lowest BCUT2D eigenvalue weighted by Gasteiger charge is -2.31. The summed E-state index contributed by atoms with van der Waals surface area (Å²) < 4.78 is 16.0. The predicted molar refractivity (Wildman–Crippen MR) is 119 cm³/mol. The molecule has 8 heteroatoms. The average Bonchev–Trinajstić information content (AvgIpc) is 3.33. The van der Waals surface area contributed by atoms with Crippen LogP contribution in [0.4, 0.5) is 0 Å². The molecule has 3 aromatic rings. The van der Waals surface area contributed by atoms with E-state index in [0.717, 1.165) is 34.2 Å². The Bertz CT molecular complexity index is 1060. The quantitative estimate of drug-likeness (QED) is 0.572. The molecule has 0 bridgehead atoms. The van der Waals surface area contributed by atoms with Crippen LogP contribution < -0.4 is 14.2 Å². The monoisotopic (exact) mass is 439 g/mol. The van der Waals surface area contributed by atoms with Gasteiger partial charge in [-0.1, -0.05) is 23.5 Å². The van der Waals surface area contributed by atoms with E-state index in [-0.39, 0.29) is 5.91 Å². The number of rotatable bonds is 6. The fourth-order valence-electron chi connectivity index (χ4n) is 3.81. The molecule has 0 aliphatic carbocycles. The van der Waals surface area contributed by atoms with Gasteiger partial charge in [0, 0.05) is 24.6 Å². The first-order chi connectivity index (χ1) is 15.1. The fourth-order valence-corrected chi connectivity index (χ4v) is 4.85. The minimum absolute atomic E-state index is 0.00591. The van der Waals surface area contributed by atoms with Gasteiger partial charge in [-0.3, -0.25) is 4.79 Å². The molecule has 1 aliphatic rings. The van der Waals surface area contributed by atoms with Gasteiger partial charge in [0.2, 0.25) is 0 Å². The highest BCUT2D eigenvalue weighted by Crippen LogP contribution is 2.37. The van der Waals surface area contributed by atoms with Crippen LogP contribution in [0, 0.1) is 0 Å². The van der Waals surface area contributed by atoms with Gasteiger partial charge in [-0.05, 0) is 43.2 Å². The van der Waals surface area contributed by atoms with Gasteiger partial charge in [-0.2, -0.15) is 0 Å². The smallest absolute Gasteiger partial charge is 0.253 e. The molecule has 31 heavy (non-hydrogen) atoms. The second-order valence-corrected chi connectivity index (χ2v) is 8.29. The van der Waals surface area contributed by atoms with E-state index in [2.05, 4.69) is 10.2 Å². The van der Waals surface area contributed by atoms with Crippen molar-refractivity contribution in [3.63, 3.8) is 0 Å². The summed E-state index contributed by atoms with van der Waals surface area (Å²) >= 11 is 1.60. The summed E-state index contributed by atoms with van der Waals surface area (Å²) in [4.78, 5) is 14.8. The Kier molecular flexibility index (Phi) is 6.36. The average molecular weight is 440 g/mol. The molecule has 1 fully saturated rings. The number of likely N-dealkylation sites (tertiary alicyclic amines) is 1. The van der Waals surface area contributed by atoms with Gasteiger partial charge < -0.3 is 19.1 Å².